The predicted octanol–water partition coefficient (Wildman–Crippen LogP) is 18.3. The lowest BCUT2D eigenvalue weighted by molar-refractivity contribution is -0.870. The van der Waals surface area contributed by atoms with Crippen molar-refractivity contribution in [1.29, 1.82) is 0 Å². The van der Waals surface area contributed by atoms with Gasteiger partial charge in [-0.25, -0.2) is 4.57 Å². The molecule has 408 valence electrons. The molecular weight excluding hydrogens is 902 g/mol. The average molecular weight is 1010 g/mol. The first-order chi connectivity index (χ1) is 34.6. The van der Waals surface area contributed by atoms with Crippen molar-refractivity contribution in [3.63, 3.8) is 0 Å². The lowest BCUT2D eigenvalue weighted by Crippen LogP contribution is -2.37. The third-order valence-electron chi connectivity index (χ3n) is 11.8. The maximum absolute atomic E-state index is 12.8. The maximum Gasteiger partial charge on any atom is 0.472 e. The molecule has 0 amide bonds. The number of hydrogen-bond acceptors (Lipinski definition) is 6. The number of quaternary nitrogens is 1. The molecule has 2 unspecified atom stereocenters. The number of nitrogens with zero attached hydrogens (tertiary/aromatic N) is 1. The molecule has 0 rings (SSSR count). The minimum atomic E-state index is -4.30. The van der Waals surface area contributed by atoms with Crippen LogP contribution < -0.4 is 0 Å². The number of carbonyl (C=O) groups excluding carboxylic acids is 1. The number of allylic oxidation sites excluding steroid dienone is 18. The second kappa shape index (κ2) is 53.5. The fourth-order valence-electron chi connectivity index (χ4n) is 7.45. The minimum absolute atomic E-state index is 0.0774. The second-order valence-electron chi connectivity index (χ2n) is 19.9. The predicted molar refractivity (Wildman–Crippen MR) is 307 cm³/mol. The Bertz CT molecular complexity index is 1500. The number of carbonyl (C=O) groups is 1. The van der Waals surface area contributed by atoms with Gasteiger partial charge in [-0.2, -0.15) is 0 Å². The van der Waals surface area contributed by atoms with Gasteiger partial charge in [-0.05, 0) is 103 Å². The van der Waals surface area contributed by atoms with Crippen molar-refractivity contribution < 1.29 is 37.3 Å². The van der Waals surface area contributed by atoms with Gasteiger partial charge in [0.15, 0.2) is 0 Å². The summed E-state index contributed by atoms with van der Waals surface area (Å²) in [7, 11) is 1.64. The Kier molecular flexibility index (Phi) is 51.3. The number of hydrogen-bond donors (Lipinski definition) is 1. The summed E-state index contributed by atoms with van der Waals surface area (Å²) in [6.07, 6.45) is 75.7. The molecule has 8 nitrogen and oxygen atoms in total. The maximum atomic E-state index is 12.8. The van der Waals surface area contributed by atoms with Gasteiger partial charge in [0.05, 0.1) is 34.4 Å². The third-order valence-corrected chi connectivity index (χ3v) is 12.8. The van der Waals surface area contributed by atoms with Crippen molar-refractivity contribution in [2.45, 2.75) is 225 Å². The van der Waals surface area contributed by atoms with Crippen LogP contribution in [-0.2, 0) is 27.9 Å². The van der Waals surface area contributed by atoms with Crippen molar-refractivity contribution in [2.24, 2.45) is 0 Å². The van der Waals surface area contributed by atoms with Crippen LogP contribution in [0, 0.1) is 0 Å². The molecule has 2 atom stereocenters. The molecule has 0 radical (unpaired) electrons. The Hall–Kier alpha value is -2.84. The fraction of sp³-hybridized carbons (Fsp3) is 0.694. The van der Waals surface area contributed by atoms with E-state index < -0.39 is 13.9 Å². The first-order valence-corrected chi connectivity index (χ1v) is 30.1. The molecule has 0 bridgehead atoms. The van der Waals surface area contributed by atoms with Crippen LogP contribution in [0.3, 0.4) is 0 Å². The molecule has 0 aromatic carbocycles. The third kappa shape index (κ3) is 57.9. The van der Waals surface area contributed by atoms with Crippen LogP contribution >= 0.6 is 7.82 Å². The van der Waals surface area contributed by atoms with Crippen molar-refractivity contribution in [1.82, 2.24) is 0 Å². The Morgan fingerprint density at radius 3 is 1.23 bits per heavy atom. The normalized spacial score (nSPS) is 14.3. The highest BCUT2D eigenvalue weighted by Gasteiger charge is 2.26. The summed E-state index contributed by atoms with van der Waals surface area (Å²) in [6, 6.07) is 0. The van der Waals surface area contributed by atoms with E-state index >= 15 is 0 Å². The first-order valence-electron chi connectivity index (χ1n) is 28.6. The second-order valence-corrected chi connectivity index (χ2v) is 21.4. The van der Waals surface area contributed by atoms with Crippen molar-refractivity contribution in [2.75, 3.05) is 54.1 Å². The van der Waals surface area contributed by atoms with Crippen LogP contribution in [-0.4, -0.2) is 75.6 Å². The van der Waals surface area contributed by atoms with Crippen LogP contribution in [0.15, 0.2) is 109 Å². The van der Waals surface area contributed by atoms with Crippen molar-refractivity contribution >= 4 is 13.8 Å². The zero-order valence-electron chi connectivity index (χ0n) is 46.4. The summed E-state index contributed by atoms with van der Waals surface area (Å²) in [5.41, 5.74) is 0. The van der Waals surface area contributed by atoms with Crippen LogP contribution in [0.2, 0.25) is 0 Å². The minimum Gasteiger partial charge on any atom is -0.457 e. The largest absolute Gasteiger partial charge is 0.472 e. The number of phosphoric ester groups is 1. The van der Waals surface area contributed by atoms with E-state index in [2.05, 4.69) is 123 Å². The number of rotatable bonds is 52. The lowest BCUT2D eigenvalue weighted by Gasteiger charge is -2.24. The molecule has 0 saturated carbocycles. The van der Waals surface area contributed by atoms with Gasteiger partial charge in [-0.3, -0.25) is 13.8 Å². The monoisotopic (exact) mass is 1010 g/mol. The van der Waals surface area contributed by atoms with E-state index in [9.17, 15) is 14.3 Å². The molecule has 0 aromatic rings. The number of ether oxygens (including phenoxy) is 2. The molecule has 0 aliphatic carbocycles. The molecule has 0 saturated heterocycles. The van der Waals surface area contributed by atoms with E-state index in [1.54, 1.807) is 0 Å². The van der Waals surface area contributed by atoms with Gasteiger partial charge in [0.2, 0.25) is 0 Å². The summed E-state index contributed by atoms with van der Waals surface area (Å²) in [6.45, 7) is 5.44. The highest BCUT2D eigenvalue weighted by Crippen LogP contribution is 2.43. The molecule has 0 aromatic heterocycles. The van der Waals surface area contributed by atoms with E-state index in [-0.39, 0.29) is 25.8 Å². The topological polar surface area (TPSA) is 91.3 Å². The van der Waals surface area contributed by atoms with Crippen molar-refractivity contribution in [3.05, 3.63) is 109 Å². The number of likely N-dealkylation sites (N-methyl/N-ethyl adjacent to an activating group) is 1. The van der Waals surface area contributed by atoms with Gasteiger partial charge in [0.25, 0.3) is 0 Å². The van der Waals surface area contributed by atoms with Gasteiger partial charge in [0, 0.05) is 13.0 Å². The SMILES string of the molecule is CC/C=C\C/C=C\C/C=C\C/C=C\C/C=C\C/C=C\CCCCCCCOCC(COP(=O)(O)OCC[N+](C)(C)C)OC(=O)CCCCCCCCCCCC/C=C\C/C=C\C/C=C\CCCCCCC. The lowest BCUT2D eigenvalue weighted by atomic mass is 10.0. The quantitative estimate of drug-likeness (QED) is 0.0213. The van der Waals surface area contributed by atoms with Crippen molar-refractivity contribution in [3.8, 4) is 0 Å². The average Bonchev–Trinajstić information content (AvgIpc) is 3.33. The summed E-state index contributed by atoms with van der Waals surface area (Å²) in [5, 5.41) is 0. The molecule has 9 heteroatoms. The van der Waals surface area contributed by atoms with E-state index in [0.717, 1.165) is 96.3 Å². The standard InChI is InChI=1S/C62H108NO7P/c1-6-8-10-12-14-16-18-20-22-24-26-28-30-32-33-35-37-39-41-43-45-47-49-51-53-55-62(64)70-61(60-69-71(65,66)68-58-56-63(3,4)5)59-67-57-54-52-50-48-46-44-42-40-38-36-34-31-29-27-25-23-21-19-17-15-13-11-9-7-2/h9,11,15,17-18,20-21,23-24,26-27,29-30,32,34,36,40,42,61H,6-8,10,12-14,16,19,22,25,28,31,33,35,37-39,41,43-60H2,1-5H3/p+1/b11-9-,17-15-,20-18-,23-21-,26-24-,29-27-,32-30-,36-34-,42-40-. The number of phosphoric acid groups is 1. The van der Waals surface area contributed by atoms with E-state index in [0.29, 0.717) is 24.1 Å². The highest BCUT2D eigenvalue weighted by atomic mass is 31.2. The molecule has 0 aliphatic heterocycles. The first kappa shape index (κ1) is 68.2. The van der Waals surface area contributed by atoms with E-state index in [1.807, 2.05) is 21.1 Å². The number of esters is 1. The Morgan fingerprint density at radius 2 is 0.817 bits per heavy atom. The fourth-order valence-corrected chi connectivity index (χ4v) is 8.19. The summed E-state index contributed by atoms with van der Waals surface area (Å²) in [5.74, 6) is -0.328. The highest BCUT2D eigenvalue weighted by molar-refractivity contribution is 7.47. The Morgan fingerprint density at radius 1 is 0.451 bits per heavy atom. The summed E-state index contributed by atoms with van der Waals surface area (Å²) in [4.78, 5) is 23.1. The Balaban J connectivity index is 4.18. The van der Waals surface area contributed by atoms with Gasteiger partial charge in [-0.1, -0.05) is 220 Å². The number of unbranched alkanes of at least 4 members (excludes halogenated alkanes) is 20. The van der Waals surface area contributed by atoms with Gasteiger partial charge >= 0.3 is 13.8 Å². The van der Waals surface area contributed by atoms with E-state index in [1.165, 1.54) is 103 Å². The molecule has 0 aliphatic rings. The van der Waals surface area contributed by atoms with Gasteiger partial charge in [0.1, 0.15) is 19.3 Å². The van der Waals surface area contributed by atoms with Gasteiger partial charge < -0.3 is 18.9 Å². The van der Waals surface area contributed by atoms with Gasteiger partial charge in [-0.15, -0.1) is 0 Å². The molecule has 0 heterocycles. The molecule has 0 fully saturated rings. The Labute approximate surface area is 438 Å². The van der Waals surface area contributed by atoms with Crippen LogP contribution in [0.5, 0.6) is 0 Å². The molecular formula is C62H109NO7P+. The molecule has 1 N–H and O–H groups in total. The smallest absolute Gasteiger partial charge is 0.457 e. The van der Waals surface area contributed by atoms with Crippen LogP contribution in [0.25, 0.3) is 0 Å². The summed E-state index contributed by atoms with van der Waals surface area (Å²) >= 11 is 0. The molecule has 0 spiro atoms. The van der Waals surface area contributed by atoms with E-state index in [4.69, 9.17) is 18.5 Å². The molecule has 71 heavy (non-hydrogen) atoms. The van der Waals surface area contributed by atoms with Crippen LogP contribution in [0.1, 0.15) is 219 Å². The zero-order valence-corrected chi connectivity index (χ0v) is 47.3. The zero-order chi connectivity index (χ0) is 51.9. The summed E-state index contributed by atoms with van der Waals surface area (Å²) < 4.78 is 35.2. The van der Waals surface area contributed by atoms with Crippen LogP contribution in [0.4, 0.5) is 0 Å².